The van der Waals surface area contributed by atoms with Crippen molar-refractivity contribution in [3.8, 4) is 0 Å². The molecule has 3 atom stereocenters. The molecule has 1 aromatic rings. The Labute approximate surface area is 139 Å². The Hall–Kier alpha value is -1.19. The number of fused-ring (bicyclic) bond motifs is 3. The SMILES string of the molecule is C=CC[C@H]1CN2CCc3cc(C)c(C)cc3[C@@H]2C[C@@H]1OCC[18F]. The average molecular weight is 316 g/mol. The highest BCUT2D eigenvalue weighted by atomic mass is 18.2. The van der Waals surface area contributed by atoms with Crippen molar-refractivity contribution in [2.24, 2.45) is 5.92 Å². The van der Waals surface area contributed by atoms with Gasteiger partial charge >= 0.3 is 0 Å². The lowest BCUT2D eigenvalue weighted by Gasteiger charge is -2.47. The van der Waals surface area contributed by atoms with Gasteiger partial charge in [-0.15, -0.1) is 6.58 Å². The molecule has 0 unspecified atom stereocenters. The number of allylic oxidation sites excluding steroid dienone is 1. The summed E-state index contributed by atoms with van der Waals surface area (Å²) in [5.41, 5.74) is 5.69. The minimum Gasteiger partial charge on any atom is -0.375 e. The Bertz CT molecular complexity index is 571. The second kappa shape index (κ2) is 7.14. The van der Waals surface area contributed by atoms with Gasteiger partial charge in [-0.05, 0) is 55.4 Å². The van der Waals surface area contributed by atoms with E-state index in [9.17, 15) is 4.39 Å². The zero-order valence-electron chi connectivity index (χ0n) is 14.4. The topological polar surface area (TPSA) is 12.5 Å². The van der Waals surface area contributed by atoms with Crippen LogP contribution in [0.1, 0.15) is 41.1 Å². The summed E-state index contributed by atoms with van der Waals surface area (Å²) in [5.74, 6) is 0.434. The number of alkyl halides is 1. The first-order chi connectivity index (χ1) is 11.1. The molecular weight excluding hydrogens is 288 g/mol. The molecule has 2 nitrogen and oxygen atoms in total. The van der Waals surface area contributed by atoms with E-state index in [1.165, 1.54) is 22.3 Å². The summed E-state index contributed by atoms with van der Waals surface area (Å²) >= 11 is 0. The maximum Gasteiger partial charge on any atom is 0.113 e. The molecule has 0 aromatic heterocycles. The van der Waals surface area contributed by atoms with E-state index in [1.807, 2.05) is 6.08 Å². The molecule has 2 heterocycles. The van der Waals surface area contributed by atoms with Crippen molar-refractivity contribution in [2.75, 3.05) is 26.4 Å². The number of ether oxygens (including phenoxy) is 1. The van der Waals surface area contributed by atoms with E-state index in [0.717, 1.165) is 32.4 Å². The smallest absolute Gasteiger partial charge is 0.113 e. The molecule has 0 saturated carbocycles. The number of hydrogen-bond donors (Lipinski definition) is 0. The minimum absolute atomic E-state index is 0.137. The number of nitrogens with zero attached hydrogens (tertiary/aromatic N) is 1. The van der Waals surface area contributed by atoms with Crippen LogP contribution in [0.25, 0.3) is 0 Å². The molecule has 0 radical (unpaired) electrons. The normalized spacial score (nSPS) is 27.3. The van der Waals surface area contributed by atoms with E-state index in [-0.39, 0.29) is 12.7 Å². The molecule has 1 saturated heterocycles. The van der Waals surface area contributed by atoms with Crippen molar-refractivity contribution in [1.29, 1.82) is 0 Å². The highest BCUT2D eigenvalue weighted by molar-refractivity contribution is 5.41. The van der Waals surface area contributed by atoms with Gasteiger partial charge in [0.1, 0.15) is 6.67 Å². The number of halogens is 1. The third-order valence-electron chi connectivity index (χ3n) is 5.55. The number of rotatable bonds is 5. The van der Waals surface area contributed by atoms with Gasteiger partial charge in [0.25, 0.3) is 0 Å². The molecule has 2 aliphatic rings. The molecule has 0 spiro atoms. The lowest BCUT2D eigenvalue weighted by Crippen LogP contribution is -2.48. The van der Waals surface area contributed by atoms with E-state index in [1.54, 1.807) is 0 Å². The highest BCUT2D eigenvalue weighted by Crippen LogP contribution is 2.41. The van der Waals surface area contributed by atoms with Crippen molar-refractivity contribution >= 4 is 0 Å². The summed E-state index contributed by atoms with van der Waals surface area (Å²) in [4.78, 5) is 2.60. The Balaban J connectivity index is 1.86. The molecule has 3 heteroatoms. The van der Waals surface area contributed by atoms with Crippen molar-refractivity contribution in [2.45, 2.75) is 45.3 Å². The first kappa shape index (κ1) is 16.7. The molecule has 0 amide bonds. The summed E-state index contributed by atoms with van der Waals surface area (Å²) in [5, 5.41) is 0. The van der Waals surface area contributed by atoms with Crippen LogP contribution in [-0.2, 0) is 11.2 Å². The molecule has 2 aliphatic heterocycles. The third-order valence-corrected chi connectivity index (χ3v) is 5.55. The second-order valence-corrected chi connectivity index (χ2v) is 7.01. The van der Waals surface area contributed by atoms with Crippen LogP contribution in [0, 0.1) is 19.8 Å². The van der Waals surface area contributed by atoms with Gasteiger partial charge in [-0.3, -0.25) is 4.90 Å². The average Bonchev–Trinajstić information content (AvgIpc) is 2.54. The number of piperidine rings is 1. The summed E-state index contributed by atoms with van der Waals surface area (Å²) in [7, 11) is 0. The molecule has 1 fully saturated rings. The van der Waals surface area contributed by atoms with E-state index in [0.29, 0.717) is 12.0 Å². The lowest BCUT2D eigenvalue weighted by atomic mass is 9.79. The molecule has 0 aliphatic carbocycles. The van der Waals surface area contributed by atoms with Crippen LogP contribution < -0.4 is 0 Å². The van der Waals surface area contributed by atoms with Gasteiger partial charge in [0.05, 0.1) is 12.7 Å². The number of benzene rings is 1. The standard InChI is InChI=1S/C20H28FNO/c1-4-5-17-13-22-8-6-16-10-14(2)15(3)11-18(16)19(22)12-20(17)23-9-7-21/h4,10-11,17,19-20H,1,5-9,12-13H2,2-3H3/t17-,19-,20-/m0/s1/i21-1. The maximum atomic E-state index is 12.6. The van der Waals surface area contributed by atoms with E-state index in [4.69, 9.17) is 4.74 Å². The van der Waals surface area contributed by atoms with Crippen LogP contribution in [0.2, 0.25) is 0 Å². The molecule has 3 rings (SSSR count). The van der Waals surface area contributed by atoms with Crippen LogP contribution in [-0.4, -0.2) is 37.4 Å². The van der Waals surface area contributed by atoms with Crippen LogP contribution in [0.15, 0.2) is 24.8 Å². The van der Waals surface area contributed by atoms with Gasteiger partial charge in [-0.1, -0.05) is 18.2 Å². The predicted molar refractivity (Wildman–Crippen MR) is 92.6 cm³/mol. The Morgan fingerprint density at radius 1 is 1.35 bits per heavy atom. The fraction of sp³-hybridized carbons (Fsp3) is 0.600. The van der Waals surface area contributed by atoms with Crippen LogP contribution in [0.3, 0.4) is 0 Å². The van der Waals surface area contributed by atoms with E-state index in [2.05, 4.69) is 37.5 Å². The summed E-state index contributed by atoms with van der Waals surface area (Å²) in [6.07, 6.45) is 5.15. The van der Waals surface area contributed by atoms with Crippen LogP contribution in [0.4, 0.5) is 4.39 Å². The van der Waals surface area contributed by atoms with Gasteiger partial charge in [-0.25, -0.2) is 4.39 Å². The van der Waals surface area contributed by atoms with Crippen molar-refractivity contribution in [1.82, 2.24) is 4.90 Å². The molecule has 1 aromatic carbocycles. The monoisotopic (exact) mass is 316 g/mol. The second-order valence-electron chi connectivity index (χ2n) is 7.01. The zero-order chi connectivity index (χ0) is 16.4. The Kier molecular flexibility index (Phi) is 5.17. The molecule has 0 bridgehead atoms. The van der Waals surface area contributed by atoms with Gasteiger partial charge in [-0.2, -0.15) is 0 Å². The number of aryl methyl sites for hydroxylation is 2. The highest BCUT2D eigenvalue weighted by Gasteiger charge is 2.38. The molecule has 0 N–H and O–H groups in total. The lowest BCUT2D eigenvalue weighted by molar-refractivity contribution is -0.0603. The van der Waals surface area contributed by atoms with Crippen molar-refractivity contribution < 1.29 is 9.13 Å². The van der Waals surface area contributed by atoms with Gasteiger partial charge < -0.3 is 4.74 Å². The fourth-order valence-corrected chi connectivity index (χ4v) is 4.21. The summed E-state index contributed by atoms with van der Waals surface area (Å²) in [6, 6.07) is 5.14. The van der Waals surface area contributed by atoms with Gasteiger partial charge in [0.2, 0.25) is 0 Å². The third kappa shape index (κ3) is 3.36. The molecule has 23 heavy (non-hydrogen) atoms. The molecule has 126 valence electrons. The maximum absolute atomic E-state index is 12.6. The quantitative estimate of drug-likeness (QED) is 0.757. The first-order valence-corrected chi connectivity index (χ1v) is 8.76. The largest absolute Gasteiger partial charge is 0.375 e. The van der Waals surface area contributed by atoms with E-state index >= 15 is 0 Å². The van der Waals surface area contributed by atoms with Crippen LogP contribution >= 0.6 is 0 Å². The Morgan fingerprint density at radius 3 is 2.87 bits per heavy atom. The fourth-order valence-electron chi connectivity index (χ4n) is 4.21. The zero-order valence-corrected chi connectivity index (χ0v) is 14.4. The Morgan fingerprint density at radius 2 is 2.13 bits per heavy atom. The first-order valence-electron chi connectivity index (χ1n) is 8.76. The van der Waals surface area contributed by atoms with E-state index < -0.39 is 6.67 Å². The minimum atomic E-state index is -0.402. The van der Waals surface area contributed by atoms with Gasteiger partial charge in [0, 0.05) is 25.0 Å². The van der Waals surface area contributed by atoms with Crippen molar-refractivity contribution in [3.63, 3.8) is 0 Å². The van der Waals surface area contributed by atoms with Gasteiger partial charge in [0.15, 0.2) is 0 Å². The van der Waals surface area contributed by atoms with Crippen LogP contribution in [0.5, 0.6) is 0 Å². The summed E-state index contributed by atoms with van der Waals surface area (Å²) in [6.45, 7) is 10.2. The number of hydrogen-bond acceptors (Lipinski definition) is 2. The predicted octanol–water partition coefficient (Wildman–Crippen LogP) is 4.15. The van der Waals surface area contributed by atoms with Crippen molar-refractivity contribution in [3.05, 3.63) is 47.0 Å². The molecular formula is C20H28FNO. The summed E-state index contributed by atoms with van der Waals surface area (Å²) < 4.78 is 18.4.